The van der Waals surface area contributed by atoms with Gasteiger partial charge < -0.3 is 16.9 Å². The van der Waals surface area contributed by atoms with Crippen LogP contribution in [0, 0.1) is 10.1 Å². The highest BCUT2D eigenvalue weighted by Gasteiger charge is 1.65. The highest BCUT2D eigenvalue weighted by Crippen LogP contribution is 1.38. The van der Waals surface area contributed by atoms with Gasteiger partial charge in [0.2, 0.25) is 0 Å². The lowest BCUT2D eigenvalue weighted by atomic mass is 13.1. The number of hydrogen-bond donors (Lipinski definition) is 3. The second kappa shape index (κ2) is 17.7. The first kappa shape index (κ1) is 16.0. The van der Waals surface area contributed by atoms with Gasteiger partial charge in [0.05, 0.1) is 0 Å². The summed E-state index contributed by atoms with van der Waals surface area (Å²) in [5.74, 6) is 0. The SMILES string of the molecule is N.NP.O=[N+]([O-])O. The maximum atomic E-state index is 8.36. The molecule has 0 aromatic rings. The molecule has 0 amide bonds. The summed E-state index contributed by atoms with van der Waals surface area (Å²) in [7, 11) is 1.92. The summed E-state index contributed by atoms with van der Waals surface area (Å²) in [5.41, 5.74) is 4.42. The van der Waals surface area contributed by atoms with Crippen molar-refractivity contribution in [3.8, 4) is 0 Å². The fourth-order valence-electron chi connectivity index (χ4n) is 0. The standard InChI is InChI=1S/HNO3.H4NP.H3N/c2-1(3)4;1-2;/h(H,2,3,4);1-2H2;1H3. The van der Waals surface area contributed by atoms with E-state index in [4.69, 9.17) is 15.3 Å². The molecule has 0 radical (unpaired) electrons. The quantitative estimate of drug-likeness (QED) is 0.232. The summed E-state index contributed by atoms with van der Waals surface area (Å²) in [6.07, 6.45) is 0. The van der Waals surface area contributed by atoms with Crippen molar-refractivity contribution in [1.82, 2.24) is 6.15 Å². The highest BCUT2D eigenvalue weighted by atomic mass is 31.0. The smallest absolute Gasteiger partial charge is 0.291 e. The molecular weight excluding hydrogens is 121 g/mol. The number of hydrogen-bond acceptors (Lipinski definition) is 4. The van der Waals surface area contributed by atoms with Gasteiger partial charge in [-0.25, -0.2) is 0 Å². The summed E-state index contributed by atoms with van der Waals surface area (Å²) in [6, 6.07) is 0. The van der Waals surface area contributed by atoms with Crippen LogP contribution in [0.15, 0.2) is 0 Å². The molecule has 46 valence electrons. The van der Waals surface area contributed by atoms with E-state index in [0.29, 0.717) is 0 Å². The van der Waals surface area contributed by atoms with Crippen molar-refractivity contribution in [2.75, 3.05) is 0 Å². The Morgan fingerprint density at radius 2 is 1.71 bits per heavy atom. The van der Waals surface area contributed by atoms with E-state index in [9.17, 15) is 0 Å². The van der Waals surface area contributed by atoms with E-state index in [1.165, 1.54) is 0 Å². The van der Waals surface area contributed by atoms with E-state index < -0.39 is 5.09 Å². The number of rotatable bonds is 0. The van der Waals surface area contributed by atoms with Crippen LogP contribution in [-0.4, -0.2) is 10.3 Å². The largest absolute Gasteiger partial charge is 0.344 e. The van der Waals surface area contributed by atoms with Crippen LogP contribution >= 0.6 is 9.39 Å². The summed E-state index contributed by atoms with van der Waals surface area (Å²) in [5, 5.41) is 13.6. The Kier molecular flexibility index (Phi) is 40.4. The van der Waals surface area contributed by atoms with Crippen LogP contribution in [0.3, 0.4) is 0 Å². The first-order chi connectivity index (χ1) is 2.73. The van der Waals surface area contributed by atoms with Gasteiger partial charge in [0, 0.05) is 0 Å². The minimum atomic E-state index is -1.50. The highest BCUT2D eigenvalue weighted by molar-refractivity contribution is 7.13. The van der Waals surface area contributed by atoms with Gasteiger partial charge in [-0.15, -0.1) is 10.1 Å². The van der Waals surface area contributed by atoms with E-state index in [1.807, 2.05) is 9.39 Å². The summed E-state index contributed by atoms with van der Waals surface area (Å²) >= 11 is 0. The zero-order chi connectivity index (χ0) is 5.58. The van der Waals surface area contributed by atoms with Crippen molar-refractivity contribution in [1.29, 1.82) is 0 Å². The maximum absolute atomic E-state index is 8.36. The van der Waals surface area contributed by atoms with Gasteiger partial charge in [-0.2, -0.15) is 0 Å². The monoisotopic (exact) mass is 129 g/mol. The molecule has 6 nitrogen and oxygen atoms in total. The molecule has 0 saturated heterocycles. The third-order valence-corrected chi connectivity index (χ3v) is 0. The molecule has 0 aromatic heterocycles. The summed E-state index contributed by atoms with van der Waals surface area (Å²) in [4.78, 5) is 8.36. The summed E-state index contributed by atoms with van der Waals surface area (Å²) < 4.78 is 0. The Labute approximate surface area is 42.6 Å². The average molecular weight is 129 g/mol. The maximum Gasteiger partial charge on any atom is 0.291 e. The fraction of sp³-hybridized carbons (Fsp3) is 0. The van der Waals surface area contributed by atoms with Crippen molar-refractivity contribution in [3.63, 3.8) is 0 Å². The van der Waals surface area contributed by atoms with Gasteiger partial charge in [-0.3, -0.25) is 0 Å². The van der Waals surface area contributed by atoms with E-state index >= 15 is 0 Å². The topological polar surface area (TPSA) is 124 Å². The second-order valence-electron chi connectivity index (χ2n) is 0.238. The van der Waals surface area contributed by atoms with Crippen LogP contribution < -0.4 is 11.7 Å². The van der Waals surface area contributed by atoms with Gasteiger partial charge in [0.15, 0.2) is 0 Å². The zero-order valence-electron chi connectivity index (χ0n) is 3.57. The van der Waals surface area contributed by atoms with Crippen LogP contribution in [0.1, 0.15) is 0 Å². The minimum Gasteiger partial charge on any atom is -0.344 e. The molecule has 0 spiro atoms. The van der Waals surface area contributed by atoms with E-state index in [2.05, 4.69) is 5.50 Å². The Bertz CT molecular complexity index is 33.2. The van der Waals surface area contributed by atoms with E-state index in [1.54, 1.807) is 0 Å². The molecule has 1 unspecified atom stereocenters. The molecule has 0 aliphatic heterocycles. The van der Waals surface area contributed by atoms with Crippen LogP contribution in [0.5, 0.6) is 0 Å². The Morgan fingerprint density at radius 3 is 1.71 bits per heavy atom. The van der Waals surface area contributed by atoms with Gasteiger partial charge in [-0.1, -0.05) is 9.39 Å². The fourth-order valence-corrected chi connectivity index (χ4v) is 0. The van der Waals surface area contributed by atoms with Crippen molar-refractivity contribution in [3.05, 3.63) is 10.1 Å². The normalized spacial score (nSPS) is 4.29. The van der Waals surface area contributed by atoms with Gasteiger partial charge >= 0.3 is 0 Å². The van der Waals surface area contributed by atoms with Gasteiger partial charge in [0.1, 0.15) is 0 Å². The molecule has 0 bridgehead atoms. The molecule has 7 heteroatoms. The lowest BCUT2D eigenvalue weighted by Gasteiger charge is -1.56. The third-order valence-electron chi connectivity index (χ3n) is 0. The van der Waals surface area contributed by atoms with Crippen LogP contribution in [0.2, 0.25) is 0 Å². The van der Waals surface area contributed by atoms with Crippen LogP contribution in [-0.2, 0) is 0 Å². The molecule has 7 heavy (non-hydrogen) atoms. The first-order valence-electron chi connectivity index (χ1n) is 0.898. The molecule has 6 N–H and O–H groups in total. The molecule has 0 aromatic carbocycles. The molecule has 0 aliphatic rings. The average Bonchev–Trinajstić information content (AvgIpc) is 1.41. The molecule has 0 saturated carbocycles. The van der Waals surface area contributed by atoms with Crippen molar-refractivity contribution in [2.45, 2.75) is 0 Å². The van der Waals surface area contributed by atoms with E-state index in [-0.39, 0.29) is 6.15 Å². The predicted molar refractivity (Wildman–Crippen MR) is 27.7 cm³/mol. The van der Waals surface area contributed by atoms with Crippen molar-refractivity contribution < 1.29 is 10.3 Å². The van der Waals surface area contributed by atoms with Crippen LogP contribution in [0.25, 0.3) is 0 Å². The zero-order valence-corrected chi connectivity index (χ0v) is 4.73. The molecule has 0 fully saturated rings. The molecule has 0 rings (SSSR count). The lowest BCUT2D eigenvalue weighted by Crippen LogP contribution is -1.81. The summed E-state index contributed by atoms with van der Waals surface area (Å²) in [6.45, 7) is 0. The Hall–Kier alpha value is -0.450. The van der Waals surface area contributed by atoms with Crippen molar-refractivity contribution >= 4 is 9.39 Å². The lowest BCUT2D eigenvalue weighted by molar-refractivity contribution is -0.742. The predicted octanol–water partition coefficient (Wildman–Crippen LogP) is -0.451. The van der Waals surface area contributed by atoms with Gasteiger partial charge in [-0.05, 0) is 0 Å². The third kappa shape index (κ3) is 345. The minimum absolute atomic E-state index is 0. The second-order valence-corrected chi connectivity index (χ2v) is 0.238. The van der Waals surface area contributed by atoms with Crippen LogP contribution in [0.4, 0.5) is 0 Å². The van der Waals surface area contributed by atoms with Crippen molar-refractivity contribution in [2.24, 2.45) is 5.50 Å². The Morgan fingerprint density at radius 1 is 1.71 bits per heavy atom. The molecule has 0 heterocycles. The number of nitrogens with two attached hydrogens (primary N) is 1. The first-order valence-corrected chi connectivity index (χ1v) is 1.57. The molecule has 1 atom stereocenters. The Balaban J connectivity index is -0.0000000480. The van der Waals surface area contributed by atoms with E-state index in [0.717, 1.165) is 0 Å². The molecule has 0 aliphatic carbocycles. The van der Waals surface area contributed by atoms with Gasteiger partial charge in [0.25, 0.3) is 5.09 Å². The molecular formula is H8N3O3P. The number of nitrogens with zero attached hydrogens (tertiary/aromatic N) is 1.